The van der Waals surface area contributed by atoms with Gasteiger partial charge in [0.25, 0.3) is 6.33 Å². The summed E-state index contributed by atoms with van der Waals surface area (Å²) in [4.78, 5) is 7.37. The summed E-state index contributed by atoms with van der Waals surface area (Å²) in [7, 11) is 0. The van der Waals surface area contributed by atoms with Gasteiger partial charge >= 0.3 is 6.98 Å². The molecule has 1 N–H and O–H groups in total. The predicted octanol–water partition coefficient (Wildman–Crippen LogP) is 13.1. The molecule has 8 aromatic carbocycles. The van der Waals surface area contributed by atoms with E-state index < -0.39 is 0 Å². The van der Waals surface area contributed by atoms with Gasteiger partial charge in [-0.15, -0.1) is 29.7 Å². The summed E-state index contributed by atoms with van der Waals surface area (Å²) in [5, 5.41) is 6.19. The second kappa shape index (κ2) is 16.2. The maximum Gasteiger partial charge on any atom is 0.399 e. The Morgan fingerprint density at radius 2 is 1.35 bits per heavy atom. The topological polar surface area (TPSA) is 51.1 Å². The Hall–Kier alpha value is -7.67. The van der Waals surface area contributed by atoms with E-state index in [1.165, 1.54) is 22.2 Å². The first-order valence-electron chi connectivity index (χ1n) is 23.3. The number of ether oxygens (including phenoxy) is 1. The fraction of sp³-hybridized carbons (Fsp3) is 0.100. The Kier molecular flexibility index (Phi) is 10.0. The van der Waals surface area contributed by atoms with Crippen LogP contribution in [0, 0.1) is 32.3 Å². The third-order valence-electron chi connectivity index (χ3n) is 13.8. The molecule has 0 radical (unpaired) electrons. The van der Waals surface area contributed by atoms with Crippen molar-refractivity contribution in [3.05, 3.63) is 211 Å². The zero-order valence-corrected chi connectivity index (χ0v) is 41.1. The van der Waals surface area contributed by atoms with Crippen molar-refractivity contribution in [2.45, 2.75) is 40.0 Å². The Morgan fingerprint density at radius 1 is 0.667 bits per heavy atom. The van der Waals surface area contributed by atoms with Gasteiger partial charge in [0.2, 0.25) is 0 Å². The van der Waals surface area contributed by atoms with Crippen molar-refractivity contribution in [3.63, 3.8) is 0 Å². The maximum absolute atomic E-state index is 6.96. The van der Waals surface area contributed by atoms with Gasteiger partial charge in [-0.2, -0.15) is 6.07 Å². The van der Waals surface area contributed by atoms with E-state index in [1.807, 2.05) is 12.3 Å². The number of nitrogens with one attached hydrogen (secondary N) is 1. The van der Waals surface area contributed by atoms with E-state index in [0.717, 1.165) is 89.3 Å². The number of benzene rings is 8. The molecule has 0 fully saturated rings. The molecule has 0 saturated heterocycles. The molecule has 0 unspecified atom stereocenters. The summed E-state index contributed by atoms with van der Waals surface area (Å²) in [6, 6.07) is 67.6. The van der Waals surface area contributed by atoms with E-state index in [0.29, 0.717) is 11.5 Å². The summed E-state index contributed by atoms with van der Waals surface area (Å²) in [6.45, 7) is 10.9. The molecule has 0 amide bonds. The van der Waals surface area contributed by atoms with Crippen LogP contribution in [-0.2, 0) is 26.5 Å². The van der Waals surface area contributed by atoms with Crippen molar-refractivity contribution in [1.29, 1.82) is 0 Å². The predicted molar refractivity (Wildman–Crippen MR) is 277 cm³/mol. The van der Waals surface area contributed by atoms with Crippen LogP contribution < -0.4 is 24.8 Å². The number of pyridine rings is 1. The molecule has 0 aliphatic carbocycles. The first kappa shape index (κ1) is 42.7. The third-order valence-corrected chi connectivity index (χ3v) is 13.8. The number of hydrogen-bond donors (Lipinski definition) is 1. The van der Waals surface area contributed by atoms with E-state index in [2.05, 4.69) is 241 Å². The van der Waals surface area contributed by atoms with Crippen LogP contribution in [0.25, 0.3) is 72.3 Å². The van der Waals surface area contributed by atoms with Gasteiger partial charge in [0, 0.05) is 50.0 Å². The summed E-state index contributed by atoms with van der Waals surface area (Å²) in [5.74, 6) is 1.99. The molecule has 336 valence electrons. The van der Waals surface area contributed by atoms with Gasteiger partial charge in [-0.25, -0.2) is 4.98 Å². The zero-order valence-electron chi connectivity index (χ0n) is 38.8. The molecule has 3 aromatic heterocycles. The normalized spacial score (nSPS) is 12.7. The molecule has 0 bridgehead atoms. The van der Waals surface area contributed by atoms with Crippen LogP contribution in [0.1, 0.15) is 37.5 Å². The molecule has 7 nitrogen and oxygen atoms in total. The van der Waals surface area contributed by atoms with Crippen LogP contribution in [0.4, 0.5) is 17.1 Å². The van der Waals surface area contributed by atoms with Crippen molar-refractivity contribution in [3.8, 4) is 50.9 Å². The minimum absolute atomic E-state index is 0. The summed E-state index contributed by atoms with van der Waals surface area (Å²) >= 11 is 0. The first-order valence-corrected chi connectivity index (χ1v) is 23.3. The smallest absolute Gasteiger partial charge is 0.399 e. The van der Waals surface area contributed by atoms with Crippen molar-refractivity contribution in [2.24, 2.45) is 0 Å². The minimum atomic E-state index is -0.192. The van der Waals surface area contributed by atoms with Crippen molar-refractivity contribution in [1.82, 2.24) is 14.1 Å². The number of imidazole rings is 1. The van der Waals surface area contributed by atoms with E-state index >= 15 is 0 Å². The van der Waals surface area contributed by atoms with E-state index in [9.17, 15) is 0 Å². The average Bonchev–Trinajstić information content (AvgIpc) is 4.04. The second-order valence-electron chi connectivity index (χ2n) is 19.0. The van der Waals surface area contributed by atoms with Crippen LogP contribution in [0.15, 0.2) is 176 Å². The summed E-state index contributed by atoms with van der Waals surface area (Å²) < 4.78 is 13.6. The molecule has 5 heterocycles. The number of aryl methyl sites for hydroxylation is 2. The standard InChI is InChI=1S/C60H45BN6O.Pt/c1-38-17-14-18-39(2)56(38)61-63-49-34-44(68-43-29-30-48-47-23-12-13-26-50(47)66(53(48)35-43)55-33-42(31-32-62-55)60(3,4)5)36-54-58(49)67(61)52-28-16-27-51-59(52)65(54)37-64(51)57-45(40-19-8-6-9-20-40)24-15-25-46(57)41-21-10-7-11-22-41;/h6-34,63H,1-5H3;/q-2;. The molecule has 0 atom stereocenters. The molecule has 69 heavy (non-hydrogen) atoms. The SMILES string of the molecule is Cc1cccc(C)c1B1Nc2cc(Oc3[c-]c4c(cc3)c3ccccc3n4-c3cc(C(C)(C)C)ccn3)[c-]c3c2N1c1cccc2c1n-3[c-][n+]2-c1c(-c2ccccc2)cccc1-c1ccccc1.[Pt]. The van der Waals surface area contributed by atoms with E-state index in [-0.39, 0.29) is 33.5 Å². The number of anilines is 3. The number of para-hydroxylation sites is 3. The Labute approximate surface area is 416 Å². The number of hydrogen-bond acceptors (Lipinski definition) is 4. The molecule has 0 spiro atoms. The summed E-state index contributed by atoms with van der Waals surface area (Å²) in [6.07, 6.45) is 5.83. The average molecular weight is 1070 g/mol. The van der Waals surface area contributed by atoms with Gasteiger partial charge in [0.05, 0.1) is 11.2 Å². The van der Waals surface area contributed by atoms with Crippen molar-refractivity contribution in [2.75, 3.05) is 10.0 Å². The van der Waals surface area contributed by atoms with Gasteiger partial charge in [0.1, 0.15) is 11.3 Å². The van der Waals surface area contributed by atoms with Crippen molar-refractivity contribution < 1.29 is 30.4 Å². The van der Waals surface area contributed by atoms with Crippen LogP contribution in [0.2, 0.25) is 0 Å². The fourth-order valence-corrected chi connectivity index (χ4v) is 10.6. The third kappa shape index (κ3) is 6.76. The van der Waals surface area contributed by atoms with Gasteiger partial charge < -0.3 is 23.9 Å². The monoisotopic (exact) mass is 1070 g/mol. The number of rotatable bonds is 7. The molecule has 2 aliphatic rings. The van der Waals surface area contributed by atoms with Crippen LogP contribution in [-0.4, -0.2) is 21.1 Å². The van der Waals surface area contributed by atoms with Crippen molar-refractivity contribution >= 4 is 62.3 Å². The molecular formula is C60H45BN6OPt-2. The maximum atomic E-state index is 6.96. The first-order chi connectivity index (χ1) is 33.2. The number of aromatic nitrogens is 4. The number of fused-ring (bicyclic) bond motifs is 5. The minimum Gasteiger partial charge on any atom is -0.510 e. The quantitative estimate of drug-likeness (QED) is 0.0982. The molecule has 11 aromatic rings. The Bertz CT molecular complexity index is 3760. The van der Waals surface area contributed by atoms with Gasteiger partial charge in [-0.05, 0) is 93.6 Å². The van der Waals surface area contributed by atoms with E-state index in [1.54, 1.807) is 0 Å². The largest absolute Gasteiger partial charge is 0.510 e. The van der Waals surface area contributed by atoms with Gasteiger partial charge in [-0.1, -0.05) is 170 Å². The van der Waals surface area contributed by atoms with E-state index in [4.69, 9.17) is 9.72 Å². The van der Waals surface area contributed by atoms with Crippen LogP contribution in [0.5, 0.6) is 11.5 Å². The Balaban J connectivity index is 0.00000492. The molecule has 2 aliphatic heterocycles. The van der Waals surface area contributed by atoms with Crippen LogP contribution in [0.3, 0.4) is 0 Å². The molecule has 13 rings (SSSR count). The molecule has 0 saturated carbocycles. The van der Waals surface area contributed by atoms with Crippen LogP contribution >= 0.6 is 0 Å². The Morgan fingerprint density at radius 3 is 2.07 bits per heavy atom. The number of nitrogens with zero attached hydrogens (tertiary/aromatic N) is 5. The summed E-state index contributed by atoms with van der Waals surface area (Å²) in [5.41, 5.74) is 18.3. The second-order valence-corrected chi connectivity index (χ2v) is 19.0. The van der Waals surface area contributed by atoms with Gasteiger partial charge in [-0.3, -0.25) is 4.57 Å². The zero-order chi connectivity index (χ0) is 45.8. The fourth-order valence-electron chi connectivity index (χ4n) is 10.6. The molecular weight excluding hydrogens is 1030 g/mol. The molecule has 9 heteroatoms. The van der Waals surface area contributed by atoms with Gasteiger partial charge in [0.15, 0.2) is 0 Å².